The van der Waals surface area contributed by atoms with E-state index in [0.717, 1.165) is 49.8 Å². The van der Waals surface area contributed by atoms with Gasteiger partial charge in [0, 0.05) is 16.5 Å². The number of methoxy groups -OCH3 is 2. The molecule has 0 amide bonds. The minimum atomic E-state index is -0.909. The lowest BCUT2D eigenvalue weighted by atomic mass is 9.46. The first-order valence-corrected chi connectivity index (χ1v) is 16.3. The maximum Gasteiger partial charge on any atom is 0.235 e. The number of hydrogen-bond acceptors (Lipinski definition) is 7. The molecule has 7 nitrogen and oxygen atoms in total. The lowest BCUT2D eigenvalue weighted by Gasteiger charge is -2.58. The first-order chi connectivity index (χ1) is 22.2. The fourth-order valence-corrected chi connectivity index (χ4v) is 9.44. The first kappa shape index (κ1) is 30.4. The van der Waals surface area contributed by atoms with Gasteiger partial charge in [-0.2, -0.15) is 0 Å². The number of allylic oxidation sites excluding steroid dienone is 1. The monoisotopic (exact) mass is 619 g/mol. The van der Waals surface area contributed by atoms with Crippen LogP contribution in [0.15, 0.2) is 74.0 Å². The Kier molecular flexibility index (Phi) is 7.40. The van der Waals surface area contributed by atoms with Crippen LogP contribution in [0.25, 0.3) is 28.4 Å². The molecule has 3 fully saturated rings. The molecule has 8 rings (SSSR count). The molecule has 0 bridgehead atoms. The molecule has 4 aliphatic carbocycles. The third kappa shape index (κ3) is 4.45. The highest BCUT2D eigenvalue weighted by Crippen LogP contribution is 2.67. The van der Waals surface area contributed by atoms with Crippen molar-refractivity contribution in [2.45, 2.75) is 64.4 Å². The summed E-state index contributed by atoms with van der Waals surface area (Å²) in [5.41, 5.74) is 2.98. The van der Waals surface area contributed by atoms with Gasteiger partial charge in [-0.05, 0) is 86.3 Å². The normalized spacial score (nSPS) is 30.8. The molecular weight excluding hydrogens is 578 g/mol. The molecule has 2 heterocycles. The average molecular weight is 620 g/mol. The summed E-state index contributed by atoms with van der Waals surface area (Å²) in [6.45, 7) is 4.71. The van der Waals surface area contributed by atoms with E-state index in [9.17, 15) is 9.90 Å². The van der Waals surface area contributed by atoms with E-state index in [1.807, 2.05) is 36.5 Å². The van der Waals surface area contributed by atoms with Crippen molar-refractivity contribution in [2.24, 2.45) is 28.6 Å². The van der Waals surface area contributed by atoms with Gasteiger partial charge in [0.05, 0.1) is 25.8 Å². The lowest BCUT2D eigenvalue weighted by Crippen LogP contribution is -2.54. The highest BCUT2D eigenvalue weighted by atomic mass is 16.5. The third-order valence-corrected chi connectivity index (χ3v) is 12.0. The molecule has 4 aromatic rings. The zero-order valence-electron chi connectivity index (χ0n) is 27.0. The third-order valence-electron chi connectivity index (χ3n) is 12.0. The predicted octanol–water partition coefficient (Wildman–Crippen LogP) is 7.70. The van der Waals surface area contributed by atoms with Crippen molar-refractivity contribution in [1.29, 1.82) is 0 Å². The molecule has 0 saturated heterocycles. The van der Waals surface area contributed by atoms with E-state index in [1.165, 1.54) is 19.1 Å². The molecule has 4 aliphatic rings. The highest BCUT2D eigenvalue weighted by molar-refractivity contribution is 5.86. The summed E-state index contributed by atoms with van der Waals surface area (Å²) >= 11 is 0. The highest BCUT2D eigenvalue weighted by Gasteiger charge is 2.63. The van der Waals surface area contributed by atoms with Crippen LogP contribution < -0.4 is 14.9 Å². The van der Waals surface area contributed by atoms with E-state index in [1.54, 1.807) is 30.9 Å². The topological polar surface area (TPSA) is 94.9 Å². The molecule has 0 radical (unpaired) electrons. The van der Waals surface area contributed by atoms with Crippen molar-refractivity contribution >= 4 is 17.0 Å². The van der Waals surface area contributed by atoms with Gasteiger partial charge in [0.25, 0.3) is 0 Å². The lowest BCUT2D eigenvalue weighted by molar-refractivity contribution is -0.0975. The van der Waals surface area contributed by atoms with Crippen LogP contribution in [0.5, 0.6) is 11.5 Å². The van der Waals surface area contributed by atoms with E-state index < -0.39 is 5.60 Å². The zero-order valence-corrected chi connectivity index (χ0v) is 27.0. The number of ether oxygens (including phenoxy) is 2. The van der Waals surface area contributed by atoms with Crippen molar-refractivity contribution in [1.82, 2.24) is 5.16 Å². The Bertz CT molecular complexity index is 1920. The molecule has 2 aromatic carbocycles. The molecular formula is C39H41NO6. The van der Waals surface area contributed by atoms with Gasteiger partial charge in [0.15, 0.2) is 22.9 Å². The molecule has 6 atom stereocenters. The summed E-state index contributed by atoms with van der Waals surface area (Å²) in [6, 6.07) is 14.6. The molecule has 6 unspecified atom stereocenters. The van der Waals surface area contributed by atoms with Crippen LogP contribution in [-0.2, 0) is 6.42 Å². The van der Waals surface area contributed by atoms with Crippen molar-refractivity contribution in [3.05, 3.63) is 81.8 Å². The van der Waals surface area contributed by atoms with Crippen LogP contribution in [0.3, 0.4) is 0 Å². The number of para-hydroxylation sites is 1. The van der Waals surface area contributed by atoms with Crippen LogP contribution in [0, 0.1) is 40.9 Å². The molecule has 3 saturated carbocycles. The van der Waals surface area contributed by atoms with Crippen molar-refractivity contribution in [3.63, 3.8) is 0 Å². The standard InChI is InChI=1S/C22H27NO2.C17H14O4/c1-4-22(24)10-8-18-16-6-5-15-11-19-14(13-23-25-19)12-20(15,2)17(16)7-9-21(18,22)3;1-19-13-10-6-9-12-14(18)17(20-2)15(21-16(12)13)11-7-4-3-5-8-11/h1,11,13,16-18,24H,5-10,12H2,2-3H3;3-10H,1-2H3. The minimum Gasteiger partial charge on any atom is -0.493 e. The largest absolute Gasteiger partial charge is 0.493 e. The van der Waals surface area contributed by atoms with Gasteiger partial charge in [-0.25, -0.2) is 0 Å². The quantitative estimate of drug-likeness (QED) is 0.235. The maximum atomic E-state index is 12.6. The van der Waals surface area contributed by atoms with Gasteiger partial charge in [-0.1, -0.05) is 66.9 Å². The Morgan fingerprint density at radius 3 is 2.52 bits per heavy atom. The summed E-state index contributed by atoms with van der Waals surface area (Å²) in [5.74, 6) is 6.75. The fourth-order valence-electron chi connectivity index (χ4n) is 9.44. The second-order valence-electron chi connectivity index (χ2n) is 13.9. The van der Waals surface area contributed by atoms with Crippen molar-refractivity contribution in [2.75, 3.05) is 14.2 Å². The fraction of sp³-hybridized carbons (Fsp3) is 0.436. The summed E-state index contributed by atoms with van der Waals surface area (Å²) in [6.07, 6.45) is 17.4. The molecule has 46 heavy (non-hydrogen) atoms. The molecule has 0 spiro atoms. The molecule has 7 heteroatoms. The molecule has 2 aromatic heterocycles. The van der Waals surface area contributed by atoms with Crippen molar-refractivity contribution < 1.29 is 23.5 Å². The van der Waals surface area contributed by atoms with Gasteiger partial charge in [0.1, 0.15) is 5.60 Å². The zero-order chi connectivity index (χ0) is 32.3. The van der Waals surface area contributed by atoms with Crippen LogP contribution in [0.2, 0.25) is 0 Å². The van der Waals surface area contributed by atoms with E-state index in [0.29, 0.717) is 40.2 Å². The second-order valence-corrected chi connectivity index (χ2v) is 13.9. The van der Waals surface area contributed by atoms with E-state index >= 15 is 0 Å². The van der Waals surface area contributed by atoms with E-state index in [4.69, 9.17) is 24.8 Å². The van der Waals surface area contributed by atoms with Crippen molar-refractivity contribution in [3.8, 4) is 35.2 Å². The van der Waals surface area contributed by atoms with E-state index in [2.05, 4.69) is 31.0 Å². The Balaban J connectivity index is 0.000000150. The van der Waals surface area contributed by atoms with Gasteiger partial charge in [-0.3, -0.25) is 4.79 Å². The molecule has 238 valence electrons. The number of aliphatic hydroxyl groups is 1. The summed E-state index contributed by atoms with van der Waals surface area (Å²) in [7, 11) is 3.01. The minimum absolute atomic E-state index is 0.114. The first-order valence-electron chi connectivity index (χ1n) is 16.3. The average Bonchev–Trinajstić information content (AvgIpc) is 3.64. The smallest absolute Gasteiger partial charge is 0.235 e. The van der Waals surface area contributed by atoms with Gasteiger partial charge < -0.3 is 23.5 Å². The molecule has 0 aliphatic heterocycles. The number of nitrogens with zero attached hydrogens (tertiary/aromatic N) is 1. The maximum absolute atomic E-state index is 12.6. The number of benzene rings is 2. The van der Waals surface area contributed by atoms with Crippen LogP contribution in [-0.4, -0.2) is 30.1 Å². The number of rotatable bonds is 3. The van der Waals surface area contributed by atoms with Crippen LogP contribution in [0.4, 0.5) is 0 Å². The van der Waals surface area contributed by atoms with Gasteiger partial charge in [-0.15, -0.1) is 6.42 Å². The van der Waals surface area contributed by atoms with Crippen LogP contribution >= 0.6 is 0 Å². The number of aromatic nitrogens is 1. The summed E-state index contributed by atoms with van der Waals surface area (Å²) in [5, 5.41) is 15.5. The van der Waals surface area contributed by atoms with Gasteiger partial charge >= 0.3 is 0 Å². The van der Waals surface area contributed by atoms with E-state index in [-0.39, 0.29) is 22.0 Å². The number of terminal acetylenes is 1. The predicted molar refractivity (Wildman–Crippen MR) is 177 cm³/mol. The Hall–Kier alpha value is -4.28. The molecule has 1 N–H and O–H groups in total. The Labute approximate surface area is 269 Å². The summed E-state index contributed by atoms with van der Waals surface area (Å²) < 4.78 is 21.9. The number of fused-ring (bicyclic) bond motifs is 7. The Morgan fingerprint density at radius 2 is 1.78 bits per heavy atom. The van der Waals surface area contributed by atoms with Crippen LogP contribution in [0.1, 0.15) is 63.7 Å². The second kappa shape index (κ2) is 11.2. The number of hydrogen-bond donors (Lipinski definition) is 1. The Morgan fingerprint density at radius 1 is 1.00 bits per heavy atom. The van der Waals surface area contributed by atoms with Gasteiger partial charge in [0.2, 0.25) is 11.2 Å². The SMILES string of the molecule is C#CC1(O)CCC2C3CCC4=Cc5oncc5CC4(C)C3CCC21C.COc1c(-c2ccccc2)oc2c(OC)cccc2c1=O. The summed E-state index contributed by atoms with van der Waals surface area (Å²) in [4.78, 5) is 12.6.